The maximum atomic E-state index is 11.0. The first kappa shape index (κ1) is 12.3. The van der Waals surface area contributed by atoms with Crippen LogP contribution in [0.5, 0.6) is 5.75 Å². The van der Waals surface area contributed by atoms with E-state index in [1.165, 1.54) is 6.26 Å². The van der Waals surface area contributed by atoms with E-state index in [1.807, 2.05) is 42.5 Å². The van der Waals surface area contributed by atoms with Gasteiger partial charge in [-0.2, -0.15) is 0 Å². The van der Waals surface area contributed by atoms with E-state index in [4.69, 9.17) is 14.3 Å². The zero-order valence-electron chi connectivity index (χ0n) is 10.6. The molecule has 1 N–H and O–H groups in total. The molecule has 2 aromatic carbocycles. The van der Waals surface area contributed by atoms with Crippen molar-refractivity contribution in [3.8, 4) is 5.75 Å². The van der Waals surface area contributed by atoms with Gasteiger partial charge in [0.05, 0.1) is 6.26 Å². The first-order chi connectivity index (χ1) is 9.75. The van der Waals surface area contributed by atoms with Gasteiger partial charge in [0.15, 0.2) is 0 Å². The van der Waals surface area contributed by atoms with Crippen LogP contribution in [0.4, 0.5) is 0 Å². The van der Waals surface area contributed by atoms with Gasteiger partial charge in [0, 0.05) is 10.9 Å². The number of rotatable bonds is 4. The number of aromatic carboxylic acids is 1. The van der Waals surface area contributed by atoms with E-state index < -0.39 is 5.97 Å². The van der Waals surface area contributed by atoms with Gasteiger partial charge in [-0.3, -0.25) is 0 Å². The summed E-state index contributed by atoms with van der Waals surface area (Å²) in [6, 6.07) is 15.3. The molecule has 0 saturated carbocycles. The molecule has 3 aromatic rings. The lowest BCUT2D eigenvalue weighted by atomic mass is 10.1. The quantitative estimate of drug-likeness (QED) is 0.783. The normalized spacial score (nSPS) is 10.6. The highest BCUT2D eigenvalue weighted by Gasteiger charge is 2.14. The van der Waals surface area contributed by atoms with Crippen molar-refractivity contribution >= 4 is 16.7 Å². The van der Waals surface area contributed by atoms with E-state index in [0.29, 0.717) is 5.56 Å². The summed E-state index contributed by atoms with van der Waals surface area (Å²) in [4.78, 5) is 11.0. The van der Waals surface area contributed by atoms with Crippen LogP contribution in [0.25, 0.3) is 10.8 Å². The van der Waals surface area contributed by atoms with Crippen molar-refractivity contribution in [2.75, 3.05) is 0 Å². The fourth-order valence-corrected chi connectivity index (χ4v) is 2.11. The molecule has 0 aliphatic carbocycles. The van der Waals surface area contributed by atoms with Gasteiger partial charge < -0.3 is 14.3 Å². The fraction of sp³-hybridized carbons (Fsp3) is 0.0625. The van der Waals surface area contributed by atoms with Gasteiger partial charge in [-0.25, -0.2) is 4.79 Å². The highest BCUT2D eigenvalue weighted by Crippen LogP contribution is 2.26. The minimum Gasteiger partial charge on any atom is -0.488 e. The minimum absolute atomic E-state index is 0.0785. The predicted octanol–water partition coefficient (Wildman–Crippen LogP) is 3.71. The molecular formula is C16H12O4. The van der Waals surface area contributed by atoms with E-state index in [-0.39, 0.29) is 12.4 Å². The largest absolute Gasteiger partial charge is 0.488 e. The summed E-state index contributed by atoms with van der Waals surface area (Å²) in [6.07, 6.45) is 1.35. The Kier molecular flexibility index (Phi) is 3.13. The molecule has 0 saturated heterocycles. The lowest BCUT2D eigenvalue weighted by molar-refractivity contribution is 0.0658. The van der Waals surface area contributed by atoms with Crippen LogP contribution in [-0.2, 0) is 6.61 Å². The molecule has 0 unspecified atom stereocenters. The number of fused-ring (bicyclic) bond motifs is 1. The van der Waals surface area contributed by atoms with Crippen LogP contribution in [0, 0.1) is 0 Å². The van der Waals surface area contributed by atoms with Crippen molar-refractivity contribution in [3.05, 3.63) is 66.1 Å². The zero-order chi connectivity index (χ0) is 13.9. The molecule has 20 heavy (non-hydrogen) atoms. The third-order valence-electron chi connectivity index (χ3n) is 3.07. The lowest BCUT2D eigenvalue weighted by Crippen LogP contribution is -2.02. The van der Waals surface area contributed by atoms with Gasteiger partial charge in [0.2, 0.25) is 5.76 Å². The van der Waals surface area contributed by atoms with Crippen molar-refractivity contribution in [1.29, 1.82) is 0 Å². The van der Waals surface area contributed by atoms with Crippen LogP contribution in [0.15, 0.2) is 59.2 Å². The third kappa shape index (κ3) is 2.23. The number of hydrogen-bond donors (Lipinski definition) is 1. The van der Waals surface area contributed by atoms with Crippen molar-refractivity contribution in [2.45, 2.75) is 6.61 Å². The number of ether oxygens (including phenoxy) is 1. The number of carbonyl (C=O) groups is 1. The van der Waals surface area contributed by atoms with E-state index in [2.05, 4.69) is 0 Å². The average Bonchev–Trinajstić information content (AvgIpc) is 2.93. The summed E-state index contributed by atoms with van der Waals surface area (Å²) < 4.78 is 10.7. The summed E-state index contributed by atoms with van der Waals surface area (Å²) in [7, 11) is 0. The Morgan fingerprint density at radius 3 is 2.75 bits per heavy atom. The van der Waals surface area contributed by atoms with E-state index in [9.17, 15) is 4.79 Å². The van der Waals surface area contributed by atoms with Gasteiger partial charge in [-0.05, 0) is 17.5 Å². The molecule has 0 fully saturated rings. The van der Waals surface area contributed by atoms with Gasteiger partial charge in [0.1, 0.15) is 12.4 Å². The Labute approximate surface area is 115 Å². The second kappa shape index (κ2) is 5.09. The summed E-state index contributed by atoms with van der Waals surface area (Å²) in [5.41, 5.74) is 0.519. The average molecular weight is 268 g/mol. The first-order valence-electron chi connectivity index (χ1n) is 6.16. The van der Waals surface area contributed by atoms with E-state index in [1.54, 1.807) is 6.07 Å². The Morgan fingerprint density at radius 2 is 1.90 bits per heavy atom. The van der Waals surface area contributed by atoms with Gasteiger partial charge in [0.25, 0.3) is 0 Å². The molecule has 0 radical (unpaired) electrons. The molecule has 4 heteroatoms. The van der Waals surface area contributed by atoms with E-state index >= 15 is 0 Å². The van der Waals surface area contributed by atoms with Gasteiger partial charge in [-0.1, -0.05) is 36.4 Å². The number of benzene rings is 2. The maximum Gasteiger partial charge on any atom is 0.372 e. The molecule has 0 aliphatic rings. The molecule has 0 atom stereocenters. The Balaban J connectivity index is 1.87. The molecule has 4 nitrogen and oxygen atoms in total. The maximum absolute atomic E-state index is 11.0. The minimum atomic E-state index is -1.09. The van der Waals surface area contributed by atoms with Gasteiger partial charge >= 0.3 is 5.97 Å². The molecule has 0 aliphatic heterocycles. The second-order valence-corrected chi connectivity index (χ2v) is 4.35. The highest BCUT2D eigenvalue weighted by molar-refractivity contribution is 5.88. The molecule has 1 aromatic heterocycles. The number of hydrogen-bond acceptors (Lipinski definition) is 3. The predicted molar refractivity (Wildman–Crippen MR) is 73.9 cm³/mol. The summed E-state index contributed by atoms with van der Waals surface area (Å²) >= 11 is 0. The third-order valence-corrected chi connectivity index (χ3v) is 3.07. The summed E-state index contributed by atoms with van der Waals surface area (Å²) in [5, 5.41) is 11.0. The van der Waals surface area contributed by atoms with Crippen molar-refractivity contribution in [2.24, 2.45) is 0 Å². The SMILES string of the molecule is O=C(O)c1occc1COc1cccc2ccccc12. The Hall–Kier alpha value is -2.75. The first-order valence-corrected chi connectivity index (χ1v) is 6.16. The molecule has 100 valence electrons. The van der Waals surface area contributed by atoms with Crippen molar-refractivity contribution in [3.63, 3.8) is 0 Å². The number of carboxylic acids is 1. The summed E-state index contributed by atoms with van der Waals surface area (Å²) in [6.45, 7) is 0.159. The molecule has 0 spiro atoms. The van der Waals surface area contributed by atoms with Crippen LogP contribution in [-0.4, -0.2) is 11.1 Å². The van der Waals surface area contributed by atoms with Crippen LogP contribution < -0.4 is 4.74 Å². The van der Waals surface area contributed by atoms with Gasteiger partial charge in [-0.15, -0.1) is 0 Å². The Bertz CT molecular complexity index is 753. The molecule has 1 heterocycles. The fourth-order valence-electron chi connectivity index (χ4n) is 2.11. The Morgan fingerprint density at radius 1 is 1.10 bits per heavy atom. The van der Waals surface area contributed by atoms with E-state index in [0.717, 1.165) is 16.5 Å². The highest BCUT2D eigenvalue weighted by atomic mass is 16.5. The molecule has 0 bridgehead atoms. The molecular weight excluding hydrogens is 256 g/mol. The topological polar surface area (TPSA) is 59.7 Å². The van der Waals surface area contributed by atoms with Crippen LogP contribution >= 0.6 is 0 Å². The van der Waals surface area contributed by atoms with Crippen molar-refractivity contribution in [1.82, 2.24) is 0 Å². The monoisotopic (exact) mass is 268 g/mol. The smallest absolute Gasteiger partial charge is 0.372 e. The number of carboxylic acid groups (broad SMARTS) is 1. The zero-order valence-corrected chi connectivity index (χ0v) is 10.6. The van der Waals surface area contributed by atoms with Crippen LogP contribution in [0.2, 0.25) is 0 Å². The number of furan rings is 1. The lowest BCUT2D eigenvalue weighted by Gasteiger charge is -2.08. The van der Waals surface area contributed by atoms with Crippen LogP contribution in [0.3, 0.4) is 0 Å². The summed E-state index contributed by atoms with van der Waals surface area (Å²) in [5.74, 6) is -0.447. The standard InChI is InChI=1S/C16H12O4/c17-16(18)15-12(8-9-19-15)10-20-14-7-3-5-11-4-1-2-6-13(11)14/h1-9H,10H2,(H,17,18). The molecule has 3 rings (SSSR count). The second-order valence-electron chi connectivity index (χ2n) is 4.35. The molecule has 0 amide bonds. The van der Waals surface area contributed by atoms with Crippen LogP contribution in [0.1, 0.15) is 16.1 Å². The van der Waals surface area contributed by atoms with Crippen molar-refractivity contribution < 1.29 is 19.1 Å².